The van der Waals surface area contributed by atoms with Gasteiger partial charge in [-0.05, 0) is 44.4 Å². The number of ether oxygens (including phenoxy) is 3. The zero-order valence-electron chi connectivity index (χ0n) is 23.1. The number of carbonyl (C=O) groups excluding carboxylic acids is 3. The molecule has 1 fully saturated rings. The third-order valence-corrected chi connectivity index (χ3v) is 7.17. The predicted molar refractivity (Wildman–Crippen MR) is 147 cm³/mol. The third-order valence-electron chi connectivity index (χ3n) is 7.17. The monoisotopic (exact) mass is 551 g/mol. The number of carbonyl (C=O) groups is 3. The Morgan fingerprint density at radius 2 is 1.93 bits per heavy atom. The molecule has 0 spiro atoms. The fraction of sp³-hybridized carbons (Fsp3) is 0.483. The number of rotatable bonds is 11. The van der Waals surface area contributed by atoms with Gasteiger partial charge in [-0.2, -0.15) is 0 Å². The number of hydrogen-bond donors (Lipinski definition) is 2. The number of pyridine rings is 1. The number of nitrogens with two attached hydrogens (primary N) is 1. The second-order valence-corrected chi connectivity index (χ2v) is 10.2. The first-order valence-electron chi connectivity index (χ1n) is 13.5. The second-order valence-electron chi connectivity index (χ2n) is 10.2. The molecule has 0 saturated carbocycles. The van der Waals surface area contributed by atoms with E-state index in [0.717, 1.165) is 5.56 Å². The highest BCUT2D eigenvalue weighted by atomic mass is 16.5. The van der Waals surface area contributed by atoms with E-state index in [4.69, 9.17) is 24.9 Å². The van der Waals surface area contributed by atoms with Crippen LogP contribution in [0.5, 0.6) is 0 Å². The van der Waals surface area contributed by atoms with Gasteiger partial charge in [-0.3, -0.25) is 14.6 Å². The number of benzene rings is 1. The van der Waals surface area contributed by atoms with Crippen molar-refractivity contribution in [1.82, 2.24) is 15.2 Å². The van der Waals surface area contributed by atoms with Crippen molar-refractivity contribution in [2.24, 2.45) is 10.7 Å². The van der Waals surface area contributed by atoms with Crippen molar-refractivity contribution in [3.63, 3.8) is 0 Å². The minimum atomic E-state index is -1.30. The first kappa shape index (κ1) is 29.2. The molecule has 2 aromatic rings. The zero-order chi connectivity index (χ0) is 28.7. The highest BCUT2D eigenvalue weighted by molar-refractivity contribution is 5.96. The maximum Gasteiger partial charge on any atom is 0.337 e. The van der Waals surface area contributed by atoms with Crippen molar-refractivity contribution in [2.45, 2.75) is 69.5 Å². The molecule has 1 saturated heterocycles. The van der Waals surface area contributed by atoms with Gasteiger partial charge < -0.3 is 30.2 Å². The second kappa shape index (κ2) is 13.0. The maximum absolute atomic E-state index is 13.9. The van der Waals surface area contributed by atoms with E-state index < -0.39 is 41.6 Å². The molecule has 11 nitrogen and oxygen atoms in total. The van der Waals surface area contributed by atoms with Crippen LogP contribution in [0.25, 0.3) is 0 Å². The lowest BCUT2D eigenvalue weighted by molar-refractivity contribution is -0.147. The standard InChI is InChI=1S/C29H37N5O6/c1-19(30)25(35)32-24(20(2)39-17-21-10-5-4-6-11-21)27(36)34-15-9-13-23(34)26-33-29(18-40-26,28(37)38-3)16-22-12-7-8-14-31-22/h4-8,10-12,14,19-20,23-24H,9,13,15-18,30H2,1-3H3,(H,32,35)/t19-,20+,23-,24-,29+/m0/s1. The van der Waals surface area contributed by atoms with Crippen molar-refractivity contribution < 1.29 is 28.6 Å². The molecule has 3 N–H and O–H groups in total. The van der Waals surface area contributed by atoms with E-state index >= 15 is 0 Å². The first-order valence-corrected chi connectivity index (χ1v) is 13.5. The Hall–Kier alpha value is -3.83. The first-order chi connectivity index (χ1) is 19.2. The highest BCUT2D eigenvalue weighted by Gasteiger charge is 2.49. The fourth-order valence-electron chi connectivity index (χ4n) is 4.93. The molecular weight excluding hydrogens is 514 g/mol. The van der Waals surface area contributed by atoms with Gasteiger partial charge in [0.25, 0.3) is 0 Å². The van der Waals surface area contributed by atoms with Crippen molar-refractivity contribution in [2.75, 3.05) is 20.3 Å². The third kappa shape index (κ3) is 6.65. The van der Waals surface area contributed by atoms with Crippen LogP contribution < -0.4 is 11.1 Å². The molecule has 40 heavy (non-hydrogen) atoms. The average Bonchev–Trinajstić information content (AvgIpc) is 3.63. The summed E-state index contributed by atoms with van der Waals surface area (Å²) in [4.78, 5) is 50.1. The smallest absolute Gasteiger partial charge is 0.337 e. The molecule has 4 rings (SSSR count). The molecule has 1 aromatic carbocycles. The predicted octanol–water partition coefficient (Wildman–Crippen LogP) is 1.39. The number of methoxy groups -OCH3 is 1. The van der Waals surface area contributed by atoms with Crippen LogP contribution in [0.15, 0.2) is 59.7 Å². The minimum Gasteiger partial charge on any atom is -0.476 e. The molecule has 1 aromatic heterocycles. The van der Waals surface area contributed by atoms with Crippen LogP contribution in [0.3, 0.4) is 0 Å². The summed E-state index contributed by atoms with van der Waals surface area (Å²) in [6.45, 7) is 3.99. The zero-order valence-corrected chi connectivity index (χ0v) is 23.1. The molecule has 0 radical (unpaired) electrons. The van der Waals surface area contributed by atoms with E-state index in [1.165, 1.54) is 7.11 Å². The van der Waals surface area contributed by atoms with Crippen molar-refractivity contribution in [3.8, 4) is 0 Å². The summed E-state index contributed by atoms with van der Waals surface area (Å²) in [5.74, 6) is -1.03. The van der Waals surface area contributed by atoms with Gasteiger partial charge in [-0.15, -0.1) is 0 Å². The van der Waals surface area contributed by atoms with E-state index in [0.29, 0.717) is 31.0 Å². The summed E-state index contributed by atoms with van der Waals surface area (Å²) in [7, 11) is 1.31. The number of esters is 1. The molecule has 3 heterocycles. The highest BCUT2D eigenvalue weighted by Crippen LogP contribution is 2.30. The van der Waals surface area contributed by atoms with Gasteiger partial charge >= 0.3 is 5.97 Å². The number of aliphatic imine (C=N–C) groups is 1. The van der Waals surface area contributed by atoms with Crippen LogP contribution in [-0.2, 0) is 41.6 Å². The van der Waals surface area contributed by atoms with Crippen molar-refractivity contribution >= 4 is 23.7 Å². The normalized spacial score (nSPS) is 22.6. The quantitative estimate of drug-likeness (QED) is 0.399. The lowest BCUT2D eigenvalue weighted by Gasteiger charge is -2.32. The van der Waals surface area contributed by atoms with E-state index in [1.54, 1.807) is 31.0 Å². The molecule has 0 aliphatic carbocycles. The Bertz CT molecular complexity index is 1210. The molecule has 0 bridgehead atoms. The SMILES string of the molecule is COC(=O)[C@@]1(Cc2ccccn2)COC([C@@H]2CCCN2C(=O)[C@@H](NC(=O)[C@H](C)N)[C@@H](C)OCc2ccccc2)=N1. The lowest BCUT2D eigenvalue weighted by Crippen LogP contribution is -2.58. The van der Waals surface area contributed by atoms with E-state index in [-0.39, 0.29) is 25.5 Å². The molecular formula is C29H37N5O6. The van der Waals surface area contributed by atoms with Crippen LogP contribution in [-0.4, -0.2) is 83.6 Å². The summed E-state index contributed by atoms with van der Waals surface area (Å²) in [5.41, 5.74) is 6.11. The molecule has 2 aliphatic rings. The molecule has 2 aliphatic heterocycles. The molecule has 0 unspecified atom stereocenters. The van der Waals surface area contributed by atoms with Gasteiger partial charge in [0.1, 0.15) is 18.7 Å². The maximum atomic E-state index is 13.9. The van der Waals surface area contributed by atoms with Gasteiger partial charge in [0.05, 0.1) is 25.9 Å². The number of nitrogens with one attached hydrogen (secondary N) is 1. The van der Waals surface area contributed by atoms with E-state index in [2.05, 4.69) is 10.3 Å². The van der Waals surface area contributed by atoms with Gasteiger partial charge in [0.15, 0.2) is 0 Å². The summed E-state index contributed by atoms with van der Waals surface area (Å²) in [5, 5.41) is 2.77. The van der Waals surface area contributed by atoms with Gasteiger partial charge in [-0.25, -0.2) is 9.79 Å². The van der Waals surface area contributed by atoms with Crippen LogP contribution in [0.2, 0.25) is 0 Å². The summed E-state index contributed by atoms with van der Waals surface area (Å²) >= 11 is 0. The van der Waals surface area contributed by atoms with Crippen LogP contribution >= 0.6 is 0 Å². The van der Waals surface area contributed by atoms with E-state index in [1.807, 2.05) is 42.5 Å². The van der Waals surface area contributed by atoms with E-state index in [9.17, 15) is 14.4 Å². The summed E-state index contributed by atoms with van der Waals surface area (Å²) in [6.07, 6.45) is 2.50. The molecule has 214 valence electrons. The molecule has 2 amide bonds. The number of aromatic nitrogens is 1. The number of amides is 2. The van der Waals surface area contributed by atoms with Crippen LogP contribution in [0.4, 0.5) is 0 Å². The number of hydrogen-bond acceptors (Lipinski definition) is 9. The Morgan fingerprint density at radius 1 is 1.18 bits per heavy atom. The number of likely N-dealkylation sites (tertiary alicyclic amines) is 1. The Morgan fingerprint density at radius 3 is 2.60 bits per heavy atom. The topological polar surface area (TPSA) is 145 Å². The lowest BCUT2D eigenvalue weighted by atomic mass is 9.95. The molecule has 5 atom stereocenters. The van der Waals surface area contributed by atoms with Crippen LogP contribution in [0.1, 0.15) is 37.9 Å². The number of nitrogens with zero attached hydrogens (tertiary/aromatic N) is 3. The van der Waals surface area contributed by atoms with Gasteiger partial charge in [0, 0.05) is 24.9 Å². The van der Waals surface area contributed by atoms with Crippen molar-refractivity contribution in [1.29, 1.82) is 0 Å². The Balaban J connectivity index is 1.55. The Labute approximate surface area is 234 Å². The fourth-order valence-corrected chi connectivity index (χ4v) is 4.93. The average molecular weight is 552 g/mol. The van der Waals surface area contributed by atoms with Crippen LogP contribution in [0, 0.1) is 0 Å². The molecule has 11 heteroatoms. The van der Waals surface area contributed by atoms with Gasteiger partial charge in [0.2, 0.25) is 23.3 Å². The summed E-state index contributed by atoms with van der Waals surface area (Å²) in [6, 6.07) is 12.7. The Kier molecular flexibility index (Phi) is 9.49. The minimum absolute atomic E-state index is 0.0223. The largest absolute Gasteiger partial charge is 0.476 e. The van der Waals surface area contributed by atoms with Crippen molar-refractivity contribution in [3.05, 3.63) is 66.0 Å². The summed E-state index contributed by atoms with van der Waals surface area (Å²) < 4.78 is 17.1. The van der Waals surface area contributed by atoms with Gasteiger partial charge in [-0.1, -0.05) is 36.4 Å².